The van der Waals surface area contributed by atoms with Crippen molar-refractivity contribution >= 4 is 22.1 Å². The number of aryl methyl sites for hydroxylation is 4. The smallest absolute Gasteiger partial charge is 0.117 e. The molecule has 0 aliphatic rings. The van der Waals surface area contributed by atoms with Crippen LogP contribution in [0.4, 0.5) is 0 Å². The van der Waals surface area contributed by atoms with Gasteiger partial charge in [0, 0.05) is 20.5 Å². The van der Waals surface area contributed by atoms with Crippen LogP contribution in [0.3, 0.4) is 0 Å². The van der Waals surface area contributed by atoms with Crippen molar-refractivity contribution in [2.24, 2.45) is 14.1 Å². The van der Waals surface area contributed by atoms with Crippen molar-refractivity contribution in [3.63, 3.8) is 0 Å². The average molecular weight is 306 g/mol. The van der Waals surface area contributed by atoms with Crippen LogP contribution in [0.25, 0.3) is 22.1 Å². The summed E-state index contributed by atoms with van der Waals surface area (Å²) in [6.45, 7) is 4.13. The Labute approximate surface area is 133 Å². The summed E-state index contributed by atoms with van der Waals surface area (Å²) in [5.74, 6) is 0. The predicted molar refractivity (Wildman–Crippen MR) is 89.3 cm³/mol. The Morgan fingerprint density at radius 2 is 1.04 bits per heavy atom. The maximum atomic E-state index is 4.54. The van der Waals surface area contributed by atoms with E-state index in [1.54, 1.807) is 9.59 Å². The van der Waals surface area contributed by atoms with E-state index in [1.165, 1.54) is 0 Å². The van der Waals surface area contributed by atoms with Gasteiger partial charge in [-0.2, -0.15) is 30.0 Å². The molecule has 0 unspecified atom stereocenters. The zero-order valence-electron chi connectivity index (χ0n) is 13.7. The van der Waals surface area contributed by atoms with Crippen molar-refractivity contribution in [3.05, 3.63) is 46.5 Å². The lowest BCUT2D eigenvalue weighted by atomic mass is 9.99. The molecule has 0 atom stereocenters. The van der Waals surface area contributed by atoms with Gasteiger partial charge in [-0.25, -0.2) is 0 Å². The Morgan fingerprint density at radius 3 is 1.48 bits per heavy atom. The Kier molecular flexibility index (Phi) is 2.94. The van der Waals surface area contributed by atoms with Crippen molar-refractivity contribution < 1.29 is 0 Å². The standard InChI is InChI=1S/C17H18N6/c1-10-5-7-12(16-14(10)18-22(3)20-16)9-13-8-6-11(2)15-17(13)21-23(4)19-15/h5-8H,9H2,1-4H3. The second-order valence-corrected chi connectivity index (χ2v) is 6.03. The summed E-state index contributed by atoms with van der Waals surface area (Å²) in [7, 11) is 3.71. The molecule has 4 aromatic rings. The first-order chi connectivity index (χ1) is 11.0. The molecule has 2 aromatic heterocycles. The van der Waals surface area contributed by atoms with Crippen LogP contribution < -0.4 is 0 Å². The first kappa shape index (κ1) is 13.9. The van der Waals surface area contributed by atoms with Crippen molar-refractivity contribution in [1.82, 2.24) is 30.0 Å². The van der Waals surface area contributed by atoms with Crippen molar-refractivity contribution in [1.29, 1.82) is 0 Å². The molecule has 2 heterocycles. The van der Waals surface area contributed by atoms with E-state index in [-0.39, 0.29) is 0 Å². The Bertz CT molecular complexity index is 956. The first-order valence-electron chi connectivity index (χ1n) is 7.62. The van der Waals surface area contributed by atoms with Gasteiger partial charge in [0.15, 0.2) is 0 Å². The Hall–Kier alpha value is -2.76. The molecule has 0 saturated heterocycles. The van der Waals surface area contributed by atoms with Crippen LogP contribution in [-0.2, 0) is 20.5 Å². The van der Waals surface area contributed by atoms with Gasteiger partial charge in [0.2, 0.25) is 0 Å². The van der Waals surface area contributed by atoms with Crippen LogP contribution in [0.5, 0.6) is 0 Å². The predicted octanol–water partition coefficient (Wildman–Crippen LogP) is 2.46. The molecule has 0 aliphatic carbocycles. The molecule has 116 valence electrons. The lowest BCUT2D eigenvalue weighted by Gasteiger charge is -2.05. The second-order valence-electron chi connectivity index (χ2n) is 6.03. The number of benzene rings is 2. The fourth-order valence-electron chi connectivity index (χ4n) is 3.03. The molecule has 0 spiro atoms. The molecule has 2 aromatic carbocycles. The molecule has 6 nitrogen and oxygen atoms in total. The highest BCUT2D eigenvalue weighted by molar-refractivity contribution is 5.84. The zero-order chi connectivity index (χ0) is 16.1. The van der Waals surface area contributed by atoms with E-state index < -0.39 is 0 Å². The molecule has 0 radical (unpaired) electrons. The SMILES string of the molecule is Cc1ccc(Cc2ccc(C)c3nn(C)nc23)c2nn(C)nc12. The van der Waals surface area contributed by atoms with Gasteiger partial charge in [-0.15, -0.1) is 0 Å². The van der Waals surface area contributed by atoms with Gasteiger partial charge in [-0.3, -0.25) is 0 Å². The molecular formula is C17H18N6. The summed E-state index contributed by atoms with van der Waals surface area (Å²) in [4.78, 5) is 3.27. The van der Waals surface area contributed by atoms with Gasteiger partial charge >= 0.3 is 0 Å². The van der Waals surface area contributed by atoms with Gasteiger partial charge in [-0.05, 0) is 36.1 Å². The van der Waals surface area contributed by atoms with Crippen LogP contribution in [0, 0.1) is 13.8 Å². The number of fused-ring (bicyclic) bond motifs is 2. The molecule has 0 fully saturated rings. The minimum Gasteiger partial charge on any atom is -0.187 e. The monoisotopic (exact) mass is 306 g/mol. The molecule has 0 aliphatic heterocycles. The van der Waals surface area contributed by atoms with E-state index in [0.29, 0.717) is 0 Å². The maximum absolute atomic E-state index is 4.54. The summed E-state index contributed by atoms with van der Waals surface area (Å²) >= 11 is 0. The highest BCUT2D eigenvalue weighted by Gasteiger charge is 2.14. The fourth-order valence-corrected chi connectivity index (χ4v) is 3.03. The molecule has 23 heavy (non-hydrogen) atoms. The normalized spacial score (nSPS) is 11.7. The number of hydrogen-bond acceptors (Lipinski definition) is 4. The highest BCUT2D eigenvalue weighted by Crippen LogP contribution is 2.25. The third-order valence-corrected chi connectivity index (χ3v) is 4.23. The van der Waals surface area contributed by atoms with Crippen molar-refractivity contribution in [2.75, 3.05) is 0 Å². The lowest BCUT2D eigenvalue weighted by molar-refractivity contribution is 0.664. The molecule has 0 amide bonds. The third kappa shape index (κ3) is 2.18. The fraction of sp³-hybridized carbons (Fsp3) is 0.294. The van der Waals surface area contributed by atoms with Crippen molar-refractivity contribution in [2.45, 2.75) is 20.3 Å². The summed E-state index contributed by atoms with van der Waals surface area (Å²) in [5.41, 5.74) is 8.47. The van der Waals surface area contributed by atoms with Crippen LogP contribution in [-0.4, -0.2) is 30.0 Å². The van der Waals surface area contributed by atoms with Gasteiger partial charge < -0.3 is 0 Å². The van der Waals surface area contributed by atoms with E-state index in [9.17, 15) is 0 Å². The lowest BCUT2D eigenvalue weighted by Crippen LogP contribution is -1.95. The summed E-state index contributed by atoms with van der Waals surface area (Å²) in [6.07, 6.45) is 0.769. The largest absolute Gasteiger partial charge is 0.187 e. The van der Waals surface area contributed by atoms with Crippen molar-refractivity contribution in [3.8, 4) is 0 Å². The topological polar surface area (TPSA) is 61.4 Å². The van der Waals surface area contributed by atoms with E-state index in [0.717, 1.165) is 50.7 Å². The highest BCUT2D eigenvalue weighted by atomic mass is 15.5. The Balaban J connectivity index is 1.89. The molecule has 0 N–H and O–H groups in total. The molecular weight excluding hydrogens is 288 g/mol. The van der Waals surface area contributed by atoms with Gasteiger partial charge in [0.05, 0.1) is 0 Å². The third-order valence-electron chi connectivity index (χ3n) is 4.23. The molecule has 4 rings (SSSR count). The van der Waals surface area contributed by atoms with E-state index in [2.05, 4.69) is 58.5 Å². The van der Waals surface area contributed by atoms with Crippen LogP contribution in [0.15, 0.2) is 24.3 Å². The summed E-state index contributed by atoms with van der Waals surface area (Å²) in [6, 6.07) is 8.48. The van der Waals surface area contributed by atoms with Crippen LogP contribution in [0.2, 0.25) is 0 Å². The number of hydrogen-bond donors (Lipinski definition) is 0. The van der Waals surface area contributed by atoms with E-state index in [4.69, 9.17) is 0 Å². The van der Waals surface area contributed by atoms with E-state index in [1.807, 2.05) is 14.1 Å². The summed E-state index contributed by atoms with van der Waals surface area (Å²) in [5, 5.41) is 18.0. The minimum atomic E-state index is 0.769. The van der Waals surface area contributed by atoms with Gasteiger partial charge in [-0.1, -0.05) is 24.3 Å². The van der Waals surface area contributed by atoms with Gasteiger partial charge in [0.1, 0.15) is 22.1 Å². The Morgan fingerprint density at radius 1 is 0.652 bits per heavy atom. The van der Waals surface area contributed by atoms with Crippen LogP contribution >= 0.6 is 0 Å². The second kappa shape index (κ2) is 4.87. The average Bonchev–Trinajstić information content (AvgIpc) is 3.08. The van der Waals surface area contributed by atoms with E-state index >= 15 is 0 Å². The number of aromatic nitrogens is 6. The number of nitrogens with zero attached hydrogens (tertiary/aromatic N) is 6. The van der Waals surface area contributed by atoms with Crippen LogP contribution in [0.1, 0.15) is 22.3 Å². The molecule has 0 bridgehead atoms. The summed E-state index contributed by atoms with van der Waals surface area (Å²) < 4.78 is 0. The zero-order valence-corrected chi connectivity index (χ0v) is 13.7. The minimum absolute atomic E-state index is 0.769. The molecule has 0 saturated carbocycles. The first-order valence-corrected chi connectivity index (χ1v) is 7.62. The number of rotatable bonds is 2. The van der Waals surface area contributed by atoms with Gasteiger partial charge in [0.25, 0.3) is 0 Å². The maximum Gasteiger partial charge on any atom is 0.117 e. The quantitative estimate of drug-likeness (QED) is 0.571. The molecule has 6 heteroatoms.